The first-order chi connectivity index (χ1) is 11.8. The van der Waals surface area contributed by atoms with Gasteiger partial charge in [-0.2, -0.15) is 0 Å². The molecule has 0 saturated heterocycles. The van der Waals surface area contributed by atoms with Gasteiger partial charge in [0.2, 0.25) is 0 Å². The minimum atomic E-state index is -0.266. The van der Waals surface area contributed by atoms with E-state index in [9.17, 15) is 5.11 Å². The monoisotopic (exact) mass is 325 g/mol. The summed E-state index contributed by atoms with van der Waals surface area (Å²) in [4.78, 5) is 8.60. The summed E-state index contributed by atoms with van der Waals surface area (Å²) in [6, 6.07) is 13.1. The molecule has 3 rings (SSSR count). The van der Waals surface area contributed by atoms with Crippen molar-refractivity contribution in [1.29, 1.82) is 0 Å². The fraction of sp³-hybridized carbons (Fsp3) is 0.222. The Balaban J connectivity index is 2.02. The van der Waals surface area contributed by atoms with E-state index in [2.05, 4.69) is 15.3 Å². The van der Waals surface area contributed by atoms with Crippen molar-refractivity contribution in [1.82, 2.24) is 9.97 Å². The second kappa shape index (κ2) is 7.14. The molecule has 2 N–H and O–H groups in total. The Morgan fingerprint density at radius 1 is 1.04 bits per heavy atom. The molecule has 0 aliphatic heterocycles. The van der Waals surface area contributed by atoms with Crippen LogP contribution in [0.4, 0.5) is 5.82 Å². The van der Waals surface area contributed by atoms with E-state index in [4.69, 9.17) is 9.47 Å². The van der Waals surface area contributed by atoms with Crippen molar-refractivity contribution < 1.29 is 14.6 Å². The fourth-order valence-electron chi connectivity index (χ4n) is 2.58. The zero-order valence-corrected chi connectivity index (χ0v) is 13.6. The predicted octanol–water partition coefficient (Wildman–Crippen LogP) is 2.79. The number of hydrogen-bond donors (Lipinski definition) is 2. The molecule has 0 saturated carbocycles. The number of aliphatic hydroxyl groups is 1. The number of aliphatic hydroxyl groups excluding tert-OH is 1. The molecule has 6 heteroatoms. The number of fused-ring (bicyclic) bond motifs is 1. The molecule has 0 spiro atoms. The molecular weight excluding hydrogens is 306 g/mol. The molecule has 0 unspecified atom stereocenters. The van der Waals surface area contributed by atoms with Crippen LogP contribution in [0.15, 0.2) is 48.8 Å². The first kappa shape index (κ1) is 16.0. The van der Waals surface area contributed by atoms with Gasteiger partial charge in [0, 0.05) is 11.5 Å². The van der Waals surface area contributed by atoms with Crippen molar-refractivity contribution in [3.8, 4) is 11.5 Å². The third-order valence-electron chi connectivity index (χ3n) is 3.84. The molecule has 1 atom stereocenters. The molecule has 0 radical (unpaired) electrons. The number of anilines is 1. The second-order valence-corrected chi connectivity index (χ2v) is 5.24. The van der Waals surface area contributed by atoms with E-state index in [1.807, 2.05) is 36.4 Å². The highest BCUT2D eigenvalue weighted by Gasteiger charge is 2.15. The molecule has 124 valence electrons. The topological polar surface area (TPSA) is 76.5 Å². The maximum atomic E-state index is 9.75. The second-order valence-electron chi connectivity index (χ2n) is 5.24. The van der Waals surface area contributed by atoms with Gasteiger partial charge >= 0.3 is 0 Å². The minimum Gasteiger partial charge on any atom is -0.493 e. The van der Waals surface area contributed by atoms with E-state index >= 15 is 0 Å². The smallest absolute Gasteiger partial charge is 0.162 e. The SMILES string of the molecule is COc1cc2ncnc(N[C@H](CO)c3ccccc3)c2cc1OC. The van der Waals surface area contributed by atoms with Crippen LogP contribution >= 0.6 is 0 Å². The number of aromatic nitrogens is 2. The van der Waals surface area contributed by atoms with Gasteiger partial charge < -0.3 is 19.9 Å². The van der Waals surface area contributed by atoms with Gasteiger partial charge in [0.25, 0.3) is 0 Å². The number of benzene rings is 2. The fourth-order valence-corrected chi connectivity index (χ4v) is 2.58. The largest absolute Gasteiger partial charge is 0.493 e. The highest BCUT2D eigenvalue weighted by Crippen LogP contribution is 2.34. The van der Waals surface area contributed by atoms with Crippen LogP contribution in [-0.2, 0) is 0 Å². The zero-order valence-electron chi connectivity index (χ0n) is 13.6. The van der Waals surface area contributed by atoms with Crippen LogP contribution in [-0.4, -0.2) is 35.9 Å². The number of ether oxygens (including phenoxy) is 2. The summed E-state index contributed by atoms with van der Waals surface area (Å²) in [5, 5.41) is 13.8. The van der Waals surface area contributed by atoms with Crippen molar-refractivity contribution in [3.05, 3.63) is 54.4 Å². The average molecular weight is 325 g/mol. The third-order valence-corrected chi connectivity index (χ3v) is 3.84. The van der Waals surface area contributed by atoms with E-state index in [0.29, 0.717) is 17.3 Å². The zero-order chi connectivity index (χ0) is 16.9. The third kappa shape index (κ3) is 3.09. The predicted molar refractivity (Wildman–Crippen MR) is 92.5 cm³/mol. The lowest BCUT2D eigenvalue weighted by molar-refractivity contribution is 0.276. The maximum Gasteiger partial charge on any atom is 0.162 e. The highest BCUT2D eigenvalue weighted by molar-refractivity contribution is 5.91. The van der Waals surface area contributed by atoms with Crippen LogP contribution < -0.4 is 14.8 Å². The number of hydrogen-bond acceptors (Lipinski definition) is 6. The standard InChI is InChI=1S/C18H19N3O3/c1-23-16-8-13-14(9-17(16)24-2)19-11-20-18(13)21-15(10-22)12-6-4-3-5-7-12/h3-9,11,15,22H,10H2,1-2H3,(H,19,20,21)/t15-/m1/s1. The number of methoxy groups -OCH3 is 2. The summed E-state index contributed by atoms with van der Waals surface area (Å²) < 4.78 is 10.7. The first-order valence-corrected chi connectivity index (χ1v) is 7.56. The quantitative estimate of drug-likeness (QED) is 0.726. The summed E-state index contributed by atoms with van der Waals surface area (Å²) in [6.45, 7) is -0.0528. The number of nitrogens with zero attached hydrogens (tertiary/aromatic N) is 2. The Hall–Kier alpha value is -2.86. The lowest BCUT2D eigenvalue weighted by Crippen LogP contribution is -2.16. The molecule has 24 heavy (non-hydrogen) atoms. The molecule has 0 aliphatic rings. The van der Waals surface area contributed by atoms with Gasteiger partial charge in [0.1, 0.15) is 12.1 Å². The Labute approximate surface area is 140 Å². The van der Waals surface area contributed by atoms with Crippen LogP contribution in [0.25, 0.3) is 10.9 Å². The van der Waals surface area contributed by atoms with Crippen molar-refractivity contribution in [3.63, 3.8) is 0 Å². The van der Waals surface area contributed by atoms with Crippen LogP contribution in [0.1, 0.15) is 11.6 Å². The molecule has 0 amide bonds. The Kier molecular flexibility index (Phi) is 4.77. The van der Waals surface area contributed by atoms with Crippen LogP contribution in [0.5, 0.6) is 11.5 Å². The van der Waals surface area contributed by atoms with Gasteiger partial charge in [-0.05, 0) is 11.6 Å². The summed E-state index contributed by atoms with van der Waals surface area (Å²) in [5.41, 5.74) is 1.71. The molecular formula is C18H19N3O3. The van der Waals surface area contributed by atoms with Crippen LogP contribution in [0.2, 0.25) is 0 Å². The van der Waals surface area contributed by atoms with Crippen molar-refractivity contribution in [2.24, 2.45) is 0 Å². The molecule has 1 heterocycles. The van der Waals surface area contributed by atoms with Gasteiger partial charge in [0.15, 0.2) is 11.5 Å². The van der Waals surface area contributed by atoms with Crippen molar-refractivity contribution in [2.75, 3.05) is 26.1 Å². The van der Waals surface area contributed by atoms with Crippen molar-refractivity contribution in [2.45, 2.75) is 6.04 Å². The summed E-state index contributed by atoms with van der Waals surface area (Å²) >= 11 is 0. The highest BCUT2D eigenvalue weighted by atomic mass is 16.5. The Bertz CT molecular complexity index is 824. The molecule has 0 fully saturated rings. The first-order valence-electron chi connectivity index (χ1n) is 7.56. The molecule has 0 aliphatic carbocycles. The summed E-state index contributed by atoms with van der Waals surface area (Å²) in [5.74, 6) is 1.84. The lowest BCUT2D eigenvalue weighted by Gasteiger charge is -2.19. The van der Waals surface area contributed by atoms with Gasteiger partial charge in [-0.1, -0.05) is 30.3 Å². The van der Waals surface area contributed by atoms with Gasteiger partial charge in [-0.25, -0.2) is 9.97 Å². The van der Waals surface area contributed by atoms with E-state index in [1.54, 1.807) is 20.3 Å². The Morgan fingerprint density at radius 2 is 1.75 bits per heavy atom. The molecule has 6 nitrogen and oxygen atoms in total. The van der Waals surface area contributed by atoms with Crippen LogP contribution in [0.3, 0.4) is 0 Å². The molecule has 3 aromatic rings. The van der Waals surface area contributed by atoms with Gasteiger partial charge in [-0.15, -0.1) is 0 Å². The van der Waals surface area contributed by atoms with E-state index < -0.39 is 0 Å². The van der Waals surface area contributed by atoms with Crippen molar-refractivity contribution >= 4 is 16.7 Å². The van der Waals surface area contributed by atoms with E-state index in [-0.39, 0.29) is 12.6 Å². The van der Waals surface area contributed by atoms with E-state index in [1.165, 1.54) is 6.33 Å². The number of nitrogens with one attached hydrogen (secondary N) is 1. The minimum absolute atomic E-state index is 0.0528. The van der Waals surface area contributed by atoms with Gasteiger partial charge in [-0.3, -0.25) is 0 Å². The average Bonchev–Trinajstić information content (AvgIpc) is 2.65. The van der Waals surface area contributed by atoms with E-state index in [0.717, 1.165) is 16.5 Å². The molecule has 1 aromatic heterocycles. The maximum absolute atomic E-state index is 9.75. The lowest BCUT2D eigenvalue weighted by atomic mass is 10.1. The number of rotatable bonds is 6. The Morgan fingerprint density at radius 3 is 2.42 bits per heavy atom. The summed E-state index contributed by atoms with van der Waals surface area (Å²) in [6.07, 6.45) is 1.48. The normalized spacial score (nSPS) is 12.0. The molecule has 0 bridgehead atoms. The summed E-state index contributed by atoms with van der Waals surface area (Å²) in [7, 11) is 3.17. The van der Waals surface area contributed by atoms with Gasteiger partial charge in [0.05, 0.1) is 32.4 Å². The van der Waals surface area contributed by atoms with Crippen LogP contribution in [0, 0.1) is 0 Å². The molecule has 2 aromatic carbocycles.